The number of ether oxygens (including phenoxy) is 3. The molecular formula is C13H16INO3. The third kappa shape index (κ3) is 2.41. The predicted octanol–water partition coefficient (Wildman–Crippen LogP) is 2.86. The van der Waals surface area contributed by atoms with E-state index < -0.39 is 0 Å². The SMILES string of the molecule is COc1ccc(C2=NC(C)(C)CO2)c(I)c1OC. The van der Waals surface area contributed by atoms with Crippen LogP contribution in [0.5, 0.6) is 11.5 Å². The van der Waals surface area contributed by atoms with E-state index in [1.807, 2.05) is 26.0 Å². The number of benzene rings is 1. The molecule has 0 spiro atoms. The molecular weight excluding hydrogens is 345 g/mol. The standard InChI is InChI=1S/C13H16INO3/c1-13(2)7-18-12(15-13)8-5-6-9(16-3)11(17-4)10(8)14/h5-6H,7H2,1-4H3. The van der Waals surface area contributed by atoms with Crippen LogP contribution in [0, 0.1) is 3.57 Å². The molecule has 0 N–H and O–H groups in total. The molecule has 0 atom stereocenters. The monoisotopic (exact) mass is 361 g/mol. The Kier molecular flexibility index (Phi) is 3.70. The normalized spacial score (nSPS) is 17.1. The Balaban J connectivity index is 2.48. The van der Waals surface area contributed by atoms with Crippen LogP contribution in [0.2, 0.25) is 0 Å². The molecule has 0 saturated heterocycles. The zero-order chi connectivity index (χ0) is 13.3. The van der Waals surface area contributed by atoms with Crippen LogP contribution in [0.3, 0.4) is 0 Å². The molecule has 5 heteroatoms. The first kappa shape index (κ1) is 13.5. The van der Waals surface area contributed by atoms with Gasteiger partial charge in [-0.15, -0.1) is 0 Å². The van der Waals surface area contributed by atoms with Crippen LogP contribution in [-0.4, -0.2) is 32.3 Å². The van der Waals surface area contributed by atoms with Crippen molar-refractivity contribution in [3.63, 3.8) is 0 Å². The molecule has 98 valence electrons. The van der Waals surface area contributed by atoms with E-state index in [1.165, 1.54) is 0 Å². The Hall–Kier alpha value is -0.980. The molecule has 4 nitrogen and oxygen atoms in total. The lowest BCUT2D eigenvalue weighted by molar-refractivity contribution is 0.279. The quantitative estimate of drug-likeness (QED) is 0.778. The first-order valence-corrected chi connectivity index (χ1v) is 6.70. The largest absolute Gasteiger partial charge is 0.493 e. The van der Waals surface area contributed by atoms with Crippen molar-refractivity contribution in [2.45, 2.75) is 19.4 Å². The van der Waals surface area contributed by atoms with Crippen LogP contribution in [-0.2, 0) is 4.74 Å². The van der Waals surface area contributed by atoms with E-state index in [4.69, 9.17) is 14.2 Å². The maximum Gasteiger partial charge on any atom is 0.218 e. The molecule has 1 aromatic carbocycles. The van der Waals surface area contributed by atoms with Crippen LogP contribution in [0.1, 0.15) is 19.4 Å². The van der Waals surface area contributed by atoms with Crippen molar-refractivity contribution in [2.24, 2.45) is 4.99 Å². The van der Waals surface area contributed by atoms with Crippen LogP contribution >= 0.6 is 22.6 Å². The molecule has 0 bridgehead atoms. The molecule has 2 rings (SSSR count). The van der Waals surface area contributed by atoms with Gasteiger partial charge in [0.05, 0.1) is 28.9 Å². The van der Waals surface area contributed by atoms with Crippen molar-refractivity contribution in [1.29, 1.82) is 0 Å². The smallest absolute Gasteiger partial charge is 0.218 e. The second-order valence-electron chi connectivity index (χ2n) is 4.68. The van der Waals surface area contributed by atoms with E-state index in [0.29, 0.717) is 24.0 Å². The van der Waals surface area contributed by atoms with Crippen molar-refractivity contribution >= 4 is 28.5 Å². The molecule has 18 heavy (non-hydrogen) atoms. The van der Waals surface area contributed by atoms with Gasteiger partial charge in [-0.05, 0) is 48.6 Å². The number of aliphatic imine (C=N–C) groups is 1. The fourth-order valence-corrected chi connectivity index (χ4v) is 2.67. The predicted molar refractivity (Wildman–Crippen MR) is 78.8 cm³/mol. The van der Waals surface area contributed by atoms with Crippen molar-refractivity contribution in [3.05, 3.63) is 21.3 Å². The van der Waals surface area contributed by atoms with E-state index in [0.717, 1.165) is 9.13 Å². The van der Waals surface area contributed by atoms with Gasteiger partial charge in [0.1, 0.15) is 6.61 Å². The Morgan fingerprint density at radius 2 is 2.00 bits per heavy atom. The second kappa shape index (κ2) is 4.95. The van der Waals surface area contributed by atoms with Crippen molar-refractivity contribution < 1.29 is 14.2 Å². The number of hydrogen-bond donors (Lipinski definition) is 0. The van der Waals surface area contributed by atoms with E-state index >= 15 is 0 Å². The lowest BCUT2D eigenvalue weighted by Gasteiger charge is -2.12. The molecule has 0 aromatic heterocycles. The zero-order valence-corrected chi connectivity index (χ0v) is 13.1. The lowest BCUT2D eigenvalue weighted by Crippen LogP contribution is -2.17. The maximum absolute atomic E-state index is 5.66. The van der Waals surface area contributed by atoms with E-state index in [9.17, 15) is 0 Å². The molecule has 0 fully saturated rings. The van der Waals surface area contributed by atoms with E-state index in [1.54, 1.807) is 14.2 Å². The number of methoxy groups -OCH3 is 2. The number of halogens is 1. The van der Waals surface area contributed by atoms with Gasteiger partial charge < -0.3 is 14.2 Å². The highest BCUT2D eigenvalue weighted by Gasteiger charge is 2.29. The Morgan fingerprint density at radius 1 is 1.28 bits per heavy atom. The molecule has 0 amide bonds. The molecule has 0 saturated carbocycles. The third-order valence-electron chi connectivity index (χ3n) is 2.68. The van der Waals surface area contributed by atoms with Crippen molar-refractivity contribution in [1.82, 2.24) is 0 Å². The highest BCUT2D eigenvalue weighted by Crippen LogP contribution is 2.36. The maximum atomic E-state index is 5.66. The minimum atomic E-state index is -0.161. The van der Waals surface area contributed by atoms with Crippen LogP contribution in [0.4, 0.5) is 0 Å². The van der Waals surface area contributed by atoms with Crippen molar-refractivity contribution in [3.8, 4) is 11.5 Å². The van der Waals surface area contributed by atoms with Crippen LogP contribution in [0.15, 0.2) is 17.1 Å². The summed E-state index contributed by atoms with van der Waals surface area (Å²) in [6.45, 7) is 4.70. The van der Waals surface area contributed by atoms with E-state index in [-0.39, 0.29) is 5.54 Å². The summed E-state index contributed by atoms with van der Waals surface area (Å²) in [6.07, 6.45) is 0. The van der Waals surface area contributed by atoms with Gasteiger partial charge in [0.2, 0.25) is 5.90 Å². The molecule has 1 aromatic rings. The Morgan fingerprint density at radius 3 is 2.50 bits per heavy atom. The summed E-state index contributed by atoms with van der Waals surface area (Å²) in [6, 6.07) is 3.82. The molecule has 1 heterocycles. The molecule has 0 unspecified atom stereocenters. The van der Waals surface area contributed by atoms with Gasteiger partial charge in [-0.2, -0.15) is 0 Å². The van der Waals surface area contributed by atoms with Gasteiger partial charge in [-0.3, -0.25) is 0 Å². The summed E-state index contributed by atoms with van der Waals surface area (Å²) >= 11 is 2.23. The lowest BCUT2D eigenvalue weighted by atomic mass is 10.1. The average molecular weight is 361 g/mol. The molecule has 1 aliphatic heterocycles. The number of hydrogen-bond acceptors (Lipinski definition) is 4. The topological polar surface area (TPSA) is 40.0 Å². The summed E-state index contributed by atoms with van der Waals surface area (Å²) in [4.78, 5) is 4.58. The summed E-state index contributed by atoms with van der Waals surface area (Å²) in [5, 5.41) is 0. The minimum Gasteiger partial charge on any atom is -0.493 e. The van der Waals surface area contributed by atoms with Gasteiger partial charge in [-0.25, -0.2) is 4.99 Å². The minimum absolute atomic E-state index is 0.161. The van der Waals surface area contributed by atoms with Gasteiger partial charge >= 0.3 is 0 Å². The zero-order valence-electron chi connectivity index (χ0n) is 10.9. The summed E-state index contributed by atoms with van der Waals surface area (Å²) in [5.74, 6) is 2.10. The Bertz CT molecular complexity index is 497. The molecule has 0 radical (unpaired) electrons. The van der Waals surface area contributed by atoms with Crippen molar-refractivity contribution in [2.75, 3.05) is 20.8 Å². The summed E-state index contributed by atoms with van der Waals surface area (Å²) in [7, 11) is 3.26. The summed E-state index contributed by atoms with van der Waals surface area (Å²) < 4.78 is 17.2. The number of rotatable bonds is 3. The highest BCUT2D eigenvalue weighted by atomic mass is 127. The van der Waals surface area contributed by atoms with Crippen LogP contribution < -0.4 is 9.47 Å². The number of nitrogens with zero attached hydrogens (tertiary/aromatic N) is 1. The van der Waals surface area contributed by atoms with Crippen LogP contribution in [0.25, 0.3) is 0 Å². The summed E-state index contributed by atoms with van der Waals surface area (Å²) in [5.41, 5.74) is 0.782. The molecule has 1 aliphatic rings. The van der Waals surface area contributed by atoms with Gasteiger partial charge in [-0.1, -0.05) is 0 Å². The molecule has 0 aliphatic carbocycles. The third-order valence-corrected chi connectivity index (χ3v) is 3.75. The van der Waals surface area contributed by atoms with Gasteiger partial charge in [0, 0.05) is 0 Å². The first-order valence-electron chi connectivity index (χ1n) is 5.62. The fraction of sp³-hybridized carbons (Fsp3) is 0.462. The highest BCUT2D eigenvalue weighted by molar-refractivity contribution is 14.1. The van der Waals surface area contributed by atoms with Gasteiger partial charge in [0.25, 0.3) is 0 Å². The van der Waals surface area contributed by atoms with E-state index in [2.05, 4.69) is 27.6 Å². The second-order valence-corrected chi connectivity index (χ2v) is 5.76. The van der Waals surface area contributed by atoms with Gasteiger partial charge in [0.15, 0.2) is 11.5 Å². The average Bonchev–Trinajstić information content (AvgIpc) is 2.68. The fourth-order valence-electron chi connectivity index (χ4n) is 1.78. The Labute approximate surface area is 120 Å². The first-order chi connectivity index (χ1) is 8.48.